The number of unbranched alkanes of at least 4 members (excludes halogenated alkanes) is 1. The molecule has 6 rings (SSSR count). The van der Waals surface area contributed by atoms with Gasteiger partial charge in [0.25, 0.3) is 12.0 Å². The standard InChI is InChI=1S/C37H43N5O8/c1-4-24-25-16-23(43)13-14-29(25)41-32-26(24)18-42-31(32)17-28-27(34(42)45)20-48-35(46)37(28,5-2)50-36(47)49-19-21-9-11-22(12-10-21)40-33(44)30(39-3)8-6-7-15-38/h9-14,16-17,30,36,39,43,47H,4-8,15,18-20,38H2,1-3H3,(H,40,44). The Morgan fingerprint density at radius 2 is 1.90 bits per heavy atom. The normalized spacial score (nSPS) is 17.5. The molecule has 0 radical (unpaired) electrons. The predicted octanol–water partition coefficient (Wildman–Crippen LogP) is 3.52. The molecule has 0 fully saturated rings. The van der Waals surface area contributed by atoms with E-state index in [1.807, 2.05) is 6.92 Å². The summed E-state index contributed by atoms with van der Waals surface area (Å²) in [7, 11) is 1.74. The number of fused-ring (bicyclic) bond motifs is 5. The lowest BCUT2D eigenvalue weighted by atomic mass is 9.85. The number of aromatic nitrogens is 2. The van der Waals surface area contributed by atoms with Crippen molar-refractivity contribution in [3.63, 3.8) is 0 Å². The van der Waals surface area contributed by atoms with Gasteiger partial charge in [-0.2, -0.15) is 0 Å². The van der Waals surface area contributed by atoms with Crippen molar-refractivity contribution in [2.24, 2.45) is 5.73 Å². The van der Waals surface area contributed by atoms with Crippen LogP contribution < -0.4 is 21.9 Å². The van der Waals surface area contributed by atoms with Gasteiger partial charge in [-0.25, -0.2) is 9.78 Å². The van der Waals surface area contributed by atoms with E-state index in [4.69, 9.17) is 24.9 Å². The topological polar surface area (TPSA) is 187 Å². The molecule has 2 aliphatic rings. The summed E-state index contributed by atoms with van der Waals surface area (Å²) < 4.78 is 18.7. The summed E-state index contributed by atoms with van der Waals surface area (Å²) in [6.45, 7) is 2.44. The van der Waals surface area contributed by atoms with Crippen LogP contribution in [-0.4, -0.2) is 57.8 Å². The Labute approximate surface area is 289 Å². The van der Waals surface area contributed by atoms with E-state index in [2.05, 4.69) is 10.6 Å². The van der Waals surface area contributed by atoms with Gasteiger partial charge in [0.05, 0.1) is 41.7 Å². The number of nitrogens with two attached hydrogens (primary N) is 1. The lowest BCUT2D eigenvalue weighted by Crippen LogP contribution is -2.48. The summed E-state index contributed by atoms with van der Waals surface area (Å²) in [4.78, 5) is 45.0. The van der Waals surface area contributed by atoms with Gasteiger partial charge in [-0.1, -0.05) is 32.4 Å². The first-order valence-electron chi connectivity index (χ1n) is 17.0. The van der Waals surface area contributed by atoms with Crippen LogP contribution in [0.3, 0.4) is 0 Å². The molecular formula is C37H43N5O8. The lowest BCUT2D eigenvalue weighted by molar-refractivity contribution is -0.316. The number of ether oxygens (including phenoxy) is 3. The van der Waals surface area contributed by atoms with Gasteiger partial charge < -0.3 is 45.4 Å². The number of pyridine rings is 2. The lowest BCUT2D eigenvalue weighted by Gasteiger charge is -2.37. The predicted molar refractivity (Wildman–Crippen MR) is 186 cm³/mol. The fourth-order valence-electron chi connectivity index (χ4n) is 6.92. The molecular weight excluding hydrogens is 642 g/mol. The Balaban J connectivity index is 1.21. The molecule has 0 bridgehead atoms. The smallest absolute Gasteiger partial charge is 0.343 e. The summed E-state index contributed by atoms with van der Waals surface area (Å²) in [5, 5.41) is 27.8. The number of hydrogen-bond donors (Lipinski definition) is 5. The van der Waals surface area contributed by atoms with Crippen molar-refractivity contribution in [3.8, 4) is 17.1 Å². The van der Waals surface area contributed by atoms with Crippen LogP contribution in [-0.2, 0) is 55.6 Å². The molecule has 2 aliphatic heterocycles. The third-order valence-electron chi connectivity index (χ3n) is 9.64. The highest BCUT2D eigenvalue weighted by Crippen LogP contribution is 2.42. The second-order valence-electron chi connectivity index (χ2n) is 12.6. The molecule has 2 aromatic heterocycles. The molecule has 0 saturated heterocycles. The van der Waals surface area contributed by atoms with Crippen LogP contribution in [0.15, 0.2) is 53.3 Å². The van der Waals surface area contributed by atoms with Gasteiger partial charge in [0.1, 0.15) is 12.4 Å². The molecule has 6 N–H and O–H groups in total. The summed E-state index contributed by atoms with van der Waals surface area (Å²) >= 11 is 0. The Morgan fingerprint density at radius 1 is 1.12 bits per heavy atom. The van der Waals surface area contributed by atoms with Crippen molar-refractivity contribution in [3.05, 3.63) is 86.7 Å². The fraction of sp³-hybridized carbons (Fsp3) is 0.405. The average molecular weight is 686 g/mol. The van der Waals surface area contributed by atoms with Crippen LogP contribution in [0.2, 0.25) is 0 Å². The number of carbonyl (C=O) groups is 2. The second-order valence-corrected chi connectivity index (χ2v) is 12.6. The number of phenolic OH excluding ortho intramolecular Hbond substituents is 1. The van der Waals surface area contributed by atoms with E-state index in [1.54, 1.807) is 67.1 Å². The first kappa shape index (κ1) is 35.2. The number of carbonyl (C=O) groups excluding carboxylic acids is 2. The van der Waals surface area contributed by atoms with Crippen LogP contribution in [0.4, 0.5) is 5.69 Å². The van der Waals surface area contributed by atoms with Gasteiger partial charge in [0.15, 0.2) is 5.60 Å². The molecule has 4 heterocycles. The number of benzene rings is 2. The number of phenols is 1. The van der Waals surface area contributed by atoms with Gasteiger partial charge in [-0.3, -0.25) is 9.59 Å². The van der Waals surface area contributed by atoms with E-state index >= 15 is 0 Å². The highest BCUT2D eigenvalue weighted by atomic mass is 16.8. The molecule has 0 saturated carbocycles. The van der Waals surface area contributed by atoms with Crippen molar-refractivity contribution in [1.29, 1.82) is 0 Å². The molecule has 3 atom stereocenters. The van der Waals surface area contributed by atoms with Gasteiger partial charge >= 0.3 is 5.97 Å². The van der Waals surface area contributed by atoms with E-state index in [0.717, 1.165) is 29.4 Å². The first-order valence-corrected chi connectivity index (χ1v) is 17.0. The number of aromatic hydroxyl groups is 1. The molecule has 2 aromatic carbocycles. The fourth-order valence-corrected chi connectivity index (χ4v) is 6.92. The number of aliphatic hydroxyl groups is 1. The maximum atomic E-state index is 14.0. The van der Waals surface area contributed by atoms with Crippen LogP contribution in [0.5, 0.6) is 5.75 Å². The van der Waals surface area contributed by atoms with E-state index in [-0.39, 0.29) is 55.0 Å². The van der Waals surface area contributed by atoms with E-state index in [0.29, 0.717) is 53.1 Å². The molecule has 1 amide bonds. The summed E-state index contributed by atoms with van der Waals surface area (Å²) in [6.07, 6.45) is 3.07. The maximum absolute atomic E-state index is 14.0. The number of esters is 1. The van der Waals surface area contributed by atoms with Gasteiger partial charge in [0, 0.05) is 22.2 Å². The van der Waals surface area contributed by atoms with Crippen LogP contribution >= 0.6 is 0 Å². The van der Waals surface area contributed by atoms with E-state index < -0.39 is 18.0 Å². The molecule has 264 valence electrons. The highest BCUT2D eigenvalue weighted by molar-refractivity contribution is 5.95. The third-order valence-corrected chi connectivity index (χ3v) is 9.64. The summed E-state index contributed by atoms with van der Waals surface area (Å²) in [5.41, 5.74) is 8.94. The van der Waals surface area contributed by atoms with Crippen molar-refractivity contribution < 1.29 is 34.0 Å². The number of anilines is 1. The minimum Gasteiger partial charge on any atom is -0.508 e. The molecule has 4 aromatic rings. The van der Waals surface area contributed by atoms with Crippen molar-refractivity contribution >= 4 is 28.5 Å². The number of nitrogens with one attached hydrogen (secondary N) is 2. The number of nitrogens with zero attached hydrogens (tertiary/aromatic N) is 2. The van der Waals surface area contributed by atoms with E-state index in [1.165, 1.54) is 0 Å². The molecule has 13 nitrogen and oxygen atoms in total. The Bertz CT molecular complexity index is 1980. The first-order chi connectivity index (χ1) is 24.1. The maximum Gasteiger partial charge on any atom is 0.343 e. The Kier molecular flexibility index (Phi) is 10.3. The molecule has 0 spiro atoms. The third kappa shape index (κ3) is 6.50. The monoisotopic (exact) mass is 685 g/mol. The number of hydrogen-bond acceptors (Lipinski definition) is 11. The van der Waals surface area contributed by atoms with Gasteiger partial charge in [-0.15, -0.1) is 0 Å². The zero-order chi connectivity index (χ0) is 35.6. The number of likely N-dealkylation sites (N-methyl/N-ethyl adjacent to an activating group) is 1. The number of amides is 1. The van der Waals surface area contributed by atoms with Crippen molar-refractivity contribution in [2.75, 3.05) is 18.9 Å². The SMILES string of the molecule is CCc1c2c(nc3ccc(O)cc13)-c1cc3c(c(=O)n1C2)COC(=O)C3(CC)OC(O)OCc1ccc(NC(=O)C(CCCCN)NC)cc1. The van der Waals surface area contributed by atoms with Gasteiger partial charge in [-0.05, 0) is 86.8 Å². The Hall–Kier alpha value is -4.66. The van der Waals surface area contributed by atoms with Gasteiger partial charge in [0.2, 0.25) is 5.91 Å². The van der Waals surface area contributed by atoms with Crippen LogP contribution in [0, 0.1) is 0 Å². The Morgan fingerprint density at radius 3 is 2.60 bits per heavy atom. The van der Waals surface area contributed by atoms with Crippen molar-refractivity contribution in [2.45, 2.75) is 83.8 Å². The van der Waals surface area contributed by atoms with Crippen LogP contribution in [0.1, 0.15) is 67.3 Å². The molecule has 13 heteroatoms. The largest absolute Gasteiger partial charge is 0.508 e. The number of aliphatic hydroxyl groups excluding tert-OH is 1. The van der Waals surface area contributed by atoms with Crippen LogP contribution in [0.25, 0.3) is 22.3 Å². The summed E-state index contributed by atoms with van der Waals surface area (Å²) in [5.74, 6) is -0.755. The number of rotatable bonds is 14. The summed E-state index contributed by atoms with van der Waals surface area (Å²) in [6, 6.07) is 13.3. The zero-order valence-corrected chi connectivity index (χ0v) is 28.5. The second kappa shape index (κ2) is 14.7. The molecule has 3 unspecified atom stereocenters. The quantitative estimate of drug-likeness (QED) is 0.0654. The molecule has 0 aliphatic carbocycles. The minimum absolute atomic E-state index is 0.0495. The van der Waals surface area contributed by atoms with Crippen molar-refractivity contribution in [1.82, 2.24) is 14.9 Å². The number of aryl methyl sites for hydroxylation is 1. The average Bonchev–Trinajstić information content (AvgIpc) is 3.48. The number of cyclic esters (lactones) is 1. The highest BCUT2D eigenvalue weighted by Gasteiger charge is 2.50. The zero-order valence-electron chi connectivity index (χ0n) is 28.5. The minimum atomic E-state index is -1.84. The van der Waals surface area contributed by atoms with E-state index in [9.17, 15) is 24.6 Å². The molecule has 50 heavy (non-hydrogen) atoms.